The summed E-state index contributed by atoms with van der Waals surface area (Å²) in [5.41, 5.74) is 20.2. The molecule has 0 rings (SSSR count). The van der Waals surface area contributed by atoms with Crippen molar-refractivity contribution in [3.05, 3.63) is 0 Å². The maximum atomic E-state index is 10.1. The van der Waals surface area contributed by atoms with Gasteiger partial charge in [-0.1, -0.05) is 6.42 Å². The van der Waals surface area contributed by atoms with Crippen LogP contribution in [0.1, 0.15) is 33.5 Å². The van der Waals surface area contributed by atoms with E-state index in [1.54, 1.807) is 0 Å². The molecule has 21 heavy (non-hydrogen) atoms. The quantitative estimate of drug-likeness (QED) is 0.180. The number of unbranched alkanes of at least 4 members (excludes halogenated alkanes) is 1. The number of amides is 1. The van der Waals surface area contributed by atoms with Gasteiger partial charge >= 0.3 is 41.5 Å². The summed E-state index contributed by atoms with van der Waals surface area (Å²) < 4.78 is 0. The zero-order valence-electron chi connectivity index (χ0n) is 13.3. The van der Waals surface area contributed by atoms with Gasteiger partial charge in [0.05, 0.1) is 0 Å². The Labute approximate surface area is 147 Å². The van der Waals surface area contributed by atoms with Gasteiger partial charge in [0.15, 0.2) is 0 Å². The van der Waals surface area contributed by atoms with E-state index in [-0.39, 0.29) is 43.8 Å². The third-order valence-electron chi connectivity index (χ3n) is 2.31. The first-order chi connectivity index (χ1) is 9.22. The van der Waals surface area contributed by atoms with Gasteiger partial charge in [0.1, 0.15) is 12.1 Å². The first-order valence-electron chi connectivity index (χ1n) is 6.17. The molecule has 120 valence electrons. The van der Waals surface area contributed by atoms with Crippen molar-refractivity contribution in [1.82, 2.24) is 0 Å². The minimum absolute atomic E-state index is 0. The second kappa shape index (κ2) is 15.7. The molecule has 0 spiro atoms. The Kier molecular flexibility index (Phi) is 18.9. The van der Waals surface area contributed by atoms with Crippen LogP contribution in [0.3, 0.4) is 0 Å². The third-order valence-corrected chi connectivity index (χ3v) is 2.31. The molecule has 0 unspecified atom stereocenters. The summed E-state index contributed by atoms with van der Waals surface area (Å²) in [6.07, 6.45) is 2.29. The van der Waals surface area contributed by atoms with Crippen LogP contribution in [0.4, 0.5) is 0 Å². The van der Waals surface area contributed by atoms with Gasteiger partial charge in [-0.3, -0.25) is 14.4 Å². The van der Waals surface area contributed by atoms with Crippen molar-refractivity contribution in [2.45, 2.75) is 44.2 Å². The number of carboxylic acids is 2. The van der Waals surface area contributed by atoms with Crippen molar-refractivity contribution < 1.29 is 55.6 Å². The van der Waals surface area contributed by atoms with E-state index in [0.29, 0.717) is 13.0 Å². The van der Waals surface area contributed by atoms with E-state index in [9.17, 15) is 14.4 Å². The van der Waals surface area contributed by atoms with Gasteiger partial charge in [0.2, 0.25) is 5.91 Å². The molecule has 0 aromatic rings. The van der Waals surface area contributed by atoms with E-state index in [2.05, 4.69) is 0 Å². The van der Waals surface area contributed by atoms with Gasteiger partial charge in [0, 0.05) is 6.42 Å². The normalized spacial score (nSPS) is 12.1. The average molecular weight is 316 g/mol. The number of carboxylic acid groups (broad SMARTS) is 2. The van der Waals surface area contributed by atoms with Gasteiger partial charge in [-0.15, -0.1) is 0 Å². The minimum Gasteiger partial charge on any atom is -1.00 e. The molecule has 0 saturated carbocycles. The molecule has 0 bridgehead atoms. The largest absolute Gasteiger partial charge is 1.00 e. The zero-order valence-corrected chi connectivity index (χ0v) is 14.3. The van der Waals surface area contributed by atoms with Crippen molar-refractivity contribution in [2.75, 3.05) is 6.54 Å². The standard InChI is InChI=1S/C6H14N2O2.C5H10N2O3.Na.H/c7-4-2-1-3-5(8)6(9)10;6-3(5(9)10)1-2-4(7)8;;/h5H,1-4,7-8H2,(H,9,10);3H,1-2,6H2,(H2,7,8)(H,9,10);;/q;;+1;-1/t5-;3-;;/m00../s1. The van der Waals surface area contributed by atoms with Crippen molar-refractivity contribution in [1.29, 1.82) is 0 Å². The summed E-state index contributed by atoms with van der Waals surface area (Å²) in [6.45, 7) is 0.604. The monoisotopic (exact) mass is 316 g/mol. The number of rotatable bonds is 9. The SMILES string of the molecule is NC(=O)CC[C@H](N)C(=O)O.NCCCC[C@H](N)C(=O)O.[H-].[Na+]. The fourth-order valence-corrected chi connectivity index (χ4v) is 1.05. The maximum Gasteiger partial charge on any atom is 1.00 e. The Morgan fingerprint density at radius 2 is 1.38 bits per heavy atom. The van der Waals surface area contributed by atoms with Crippen LogP contribution in [-0.2, 0) is 14.4 Å². The van der Waals surface area contributed by atoms with E-state index >= 15 is 0 Å². The smallest absolute Gasteiger partial charge is 1.00 e. The van der Waals surface area contributed by atoms with Crippen molar-refractivity contribution >= 4 is 17.8 Å². The predicted molar refractivity (Wildman–Crippen MR) is 73.7 cm³/mol. The van der Waals surface area contributed by atoms with Gasteiger partial charge < -0.3 is 34.6 Å². The fourth-order valence-electron chi connectivity index (χ4n) is 1.05. The van der Waals surface area contributed by atoms with Crippen LogP contribution in [0.25, 0.3) is 0 Å². The number of hydrogen-bond acceptors (Lipinski definition) is 6. The molecule has 0 aromatic carbocycles. The number of nitrogens with two attached hydrogens (primary N) is 4. The van der Waals surface area contributed by atoms with Crippen LogP contribution in [-0.4, -0.2) is 46.7 Å². The molecule has 1 amide bonds. The summed E-state index contributed by atoms with van der Waals surface area (Å²) in [5.74, 6) is -2.57. The van der Waals surface area contributed by atoms with Crippen LogP contribution in [0.2, 0.25) is 0 Å². The van der Waals surface area contributed by atoms with Crippen LogP contribution in [0, 0.1) is 0 Å². The van der Waals surface area contributed by atoms with E-state index in [0.717, 1.165) is 12.8 Å². The molecule has 0 aliphatic rings. The van der Waals surface area contributed by atoms with Crippen molar-refractivity contribution in [2.24, 2.45) is 22.9 Å². The summed E-state index contributed by atoms with van der Waals surface area (Å²) in [5, 5.41) is 16.5. The average Bonchev–Trinajstić information content (AvgIpc) is 2.36. The molecule has 0 fully saturated rings. The zero-order chi connectivity index (χ0) is 16.1. The van der Waals surface area contributed by atoms with Crippen LogP contribution in [0.5, 0.6) is 0 Å². The van der Waals surface area contributed by atoms with E-state index < -0.39 is 29.9 Å². The molecule has 10 N–H and O–H groups in total. The first kappa shape index (κ1) is 25.3. The second-order valence-electron chi connectivity index (χ2n) is 4.18. The summed E-state index contributed by atoms with van der Waals surface area (Å²) in [7, 11) is 0. The van der Waals surface area contributed by atoms with Gasteiger partial charge in [-0.05, 0) is 25.8 Å². The molecule has 9 nitrogen and oxygen atoms in total. The van der Waals surface area contributed by atoms with E-state index in [1.807, 2.05) is 0 Å². The molecular weight excluding hydrogens is 291 g/mol. The Morgan fingerprint density at radius 1 is 0.952 bits per heavy atom. The molecule has 0 radical (unpaired) electrons. The minimum atomic E-state index is -1.11. The van der Waals surface area contributed by atoms with Crippen LogP contribution in [0.15, 0.2) is 0 Å². The molecule has 0 aromatic heterocycles. The number of hydrogen-bond donors (Lipinski definition) is 6. The topological polar surface area (TPSA) is 196 Å². The number of carbonyl (C=O) groups is 3. The predicted octanol–water partition coefficient (Wildman–Crippen LogP) is -4.69. The van der Waals surface area contributed by atoms with Crippen LogP contribution >= 0.6 is 0 Å². The summed E-state index contributed by atoms with van der Waals surface area (Å²) in [6, 6.07) is -1.70. The van der Waals surface area contributed by atoms with Gasteiger partial charge in [-0.2, -0.15) is 0 Å². The molecule has 0 saturated heterocycles. The second-order valence-corrected chi connectivity index (χ2v) is 4.18. The Morgan fingerprint density at radius 3 is 1.71 bits per heavy atom. The first-order valence-corrected chi connectivity index (χ1v) is 6.17. The molecular formula is C11H25N4NaO5. The Hall–Kier alpha value is -0.710. The number of aliphatic carboxylic acids is 2. The van der Waals surface area contributed by atoms with Gasteiger partial charge in [-0.25, -0.2) is 0 Å². The van der Waals surface area contributed by atoms with Crippen molar-refractivity contribution in [3.63, 3.8) is 0 Å². The molecule has 0 aliphatic carbocycles. The van der Waals surface area contributed by atoms with Gasteiger partial charge in [0.25, 0.3) is 0 Å². The maximum absolute atomic E-state index is 10.1. The third kappa shape index (κ3) is 19.3. The molecule has 0 heterocycles. The van der Waals surface area contributed by atoms with Crippen LogP contribution < -0.4 is 52.5 Å². The summed E-state index contributed by atoms with van der Waals surface area (Å²) in [4.78, 5) is 30.3. The number of primary amides is 1. The molecule has 0 aliphatic heterocycles. The Bertz CT molecular complexity index is 323. The molecule has 2 atom stereocenters. The fraction of sp³-hybridized carbons (Fsp3) is 0.727. The summed E-state index contributed by atoms with van der Waals surface area (Å²) >= 11 is 0. The van der Waals surface area contributed by atoms with E-state index in [4.69, 9.17) is 33.1 Å². The van der Waals surface area contributed by atoms with Crippen molar-refractivity contribution in [3.8, 4) is 0 Å². The van der Waals surface area contributed by atoms with E-state index in [1.165, 1.54) is 0 Å². The number of carbonyl (C=O) groups excluding carboxylic acids is 1. The Balaban J connectivity index is -0.000000135. The molecule has 10 heteroatoms.